The first-order valence-electron chi connectivity index (χ1n) is 6.63. The topological polar surface area (TPSA) is 111 Å². The summed E-state index contributed by atoms with van der Waals surface area (Å²) in [6, 6.07) is 3.97. The lowest BCUT2D eigenvalue weighted by atomic mass is 9.98. The predicted octanol–water partition coefficient (Wildman–Crippen LogP) is 1.79. The molecule has 0 spiro atoms. The summed E-state index contributed by atoms with van der Waals surface area (Å²) in [5.41, 5.74) is 0.656. The Balaban J connectivity index is 2.36. The largest absolute Gasteiger partial charge is 0.479 e. The minimum absolute atomic E-state index is 0.0865. The molecule has 8 nitrogen and oxygen atoms in total. The highest BCUT2D eigenvalue weighted by molar-refractivity contribution is 6.03. The van der Waals surface area contributed by atoms with Crippen molar-refractivity contribution in [3.05, 3.63) is 51.4 Å². The van der Waals surface area contributed by atoms with Crippen LogP contribution in [0.15, 0.2) is 35.7 Å². The highest BCUT2D eigenvalue weighted by atomic mass is 16.6. The Kier molecular flexibility index (Phi) is 4.40. The van der Waals surface area contributed by atoms with Crippen LogP contribution in [0.5, 0.6) is 0 Å². The van der Waals surface area contributed by atoms with Gasteiger partial charge in [-0.3, -0.25) is 20.2 Å². The molecule has 0 aliphatic carbocycles. The van der Waals surface area contributed by atoms with Gasteiger partial charge in [0.2, 0.25) is 5.88 Å². The highest BCUT2D eigenvalue weighted by Crippen LogP contribution is 2.23. The van der Waals surface area contributed by atoms with Crippen molar-refractivity contribution in [3.8, 4) is 0 Å². The Labute approximate surface area is 126 Å². The second-order valence-electron chi connectivity index (χ2n) is 4.63. The standard InChI is InChI=1S/C14H15N3O5/c1-3-22-13-8(2)12(18)11(15-14(19)16-13)9-4-6-10(7-5-9)17(20)21/h4-7,11H,3H2,1-2H3,(H2,15,16,19)/t11-/m0/s1. The molecule has 1 heterocycles. The molecule has 22 heavy (non-hydrogen) atoms. The number of urea groups is 1. The van der Waals surface area contributed by atoms with E-state index in [1.807, 2.05) is 0 Å². The number of benzene rings is 1. The Bertz CT molecular complexity index is 651. The molecule has 0 aromatic heterocycles. The van der Waals surface area contributed by atoms with E-state index in [4.69, 9.17) is 4.74 Å². The molecule has 2 rings (SSSR count). The number of nitrogens with zero attached hydrogens (tertiary/aromatic N) is 1. The first-order valence-corrected chi connectivity index (χ1v) is 6.63. The summed E-state index contributed by atoms with van der Waals surface area (Å²) in [5, 5.41) is 15.7. The van der Waals surface area contributed by atoms with Gasteiger partial charge in [0.25, 0.3) is 5.69 Å². The number of hydrogen-bond acceptors (Lipinski definition) is 5. The van der Waals surface area contributed by atoms with Crippen molar-refractivity contribution in [1.82, 2.24) is 10.6 Å². The molecule has 0 saturated heterocycles. The van der Waals surface area contributed by atoms with Gasteiger partial charge in [0, 0.05) is 12.1 Å². The fourth-order valence-corrected chi connectivity index (χ4v) is 2.07. The molecule has 1 aliphatic heterocycles. The minimum atomic E-state index is -0.918. The molecule has 1 atom stereocenters. The van der Waals surface area contributed by atoms with Crippen LogP contribution in [0.3, 0.4) is 0 Å². The van der Waals surface area contributed by atoms with Gasteiger partial charge >= 0.3 is 6.03 Å². The van der Waals surface area contributed by atoms with Crippen molar-refractivity contribution in [1.29, 1.82) is 0 Å². The van der Waals surface area contributed by atoms with E-state index < -0.39 is 17.0 Å². The minimum Gasteiger partial charge on any atom is -0.479 e. The number of hydrogen-bond donors (Lipinski definition) is 2. The number of carbonyl (C=O) groups excluding carboxylic acids is 2. The average molecular weight is 305 g/mol. The van der Waals surface area contributed by atoms with Crippen molar-refractivity contribution >= 4 is 17.5 Å². The number of non-ortho nitro benzene ring substituents is 1. The molecule has 8 heteroatoms. The third kappa shape index (κ3) is 3.05. The van der Waals surface area contributed by atoms with Gasteiger partial charge in [0.15, 0.2) is 5.78 Å². The van der Waals surface area contributed by atoms with Crippen LogP contribution in [0.1, 0.15) is 25.5 Å². The number of ketones is 1. The van der Waals surface area contributed by atoms with Crippen LogP contribution in [0.2, 0.25) is 0 Å². The Hall–Kier alpha value is -2.90. The molecule has 0 bridgehead atoms. The van der Waals surface area contributed by atoms with E-state index in [0.717, 1.165) is 0 Å². The Morgan fingerprint density at radius 3 is 2.45 bits per heavy atom. The zero-order valence-electron chi connectivity index (χ0n) is 12.1. The molecule has 0 unspecified atom stereocenters. The maximum atomic E-state index is 12.5. The molecular formula is C14H15N3O5. The van der Waals surface area contributed by atoms with Crippen molar-refractivity contribution in [2.24, 2.45) is 0 Å². The van der Waals surface area contributed by atoms with Gasteiger partial charge in [-0.25, -0.2) is 4.79 Å². The zero-order valence-corrected chi connectivity index (χ0v) is 12.1. The van der Waals surface area contributed by atoms with E-state index in [1.165, 1.54) is 24.3 Å². The van der Waals surface area contributed by atoms with Crippen LogP contribution in [-0.2, 0) is 9.53 Å². The van der Waals surface area contributed by atoms with Gasteiger partial charge in [-0.15, -0.1) is 0 Å². The molecule has 2 N–H and O–H groups in total. The van der Waals surface area contributed by atoms with Gasteiger partial charge in [0.1, 0.15) is 6.04 Å². The van der Waals surface area contributed by atoms with E-state index in [1.54, 1.807) is 13.8 Å². The van der Waals surface area contributed by atoms with Crippen molar-refractivity contribution in [2.45, 2.75) is 19.9 Å². The molecule has 1 aromatic rings. The molecule has 0 radical (unpaired) electrons. The number of nitro benzene ring substituents is 1. The van der Waals surface area contributed by atoms with Gasteiger partial charge in [-0.2, -0.15) is 0 Å². The second kappa shape index (κ2) is 6.25. The summed E-state index contributed by atoms with van der Waals surface area (Å²) in [5.74, 6) is -0.218. The van der Waals surface area contributed by atoms with Gasteiger partial charge in [-0.1, -0.05) is 0 Å². The molecule has 0 fully saturated rings. The summed E-state index contributed by atoms with van der Waals surface area (Å²) >= 11 is 0. The Morgan fingerprint density at radius 2 is 1.91 bits per heavy atom. The van der Waals surface area contributed by atoms with Crippen molar-refractivity contribution in [3.63, 3.8) is 0 Å². The quantitative estimate of drug-likeness (QED) is 0.650. The zero-order chi connectivity index (χ0) is 16.3. The Morgan fingerprint density at radius 1 is 1.27 bits per heavy atom. The maximum Gasteiger partial charge on any atom is 0.322 e. The molecule has 116 valence electrons. The molecular weight excluding hydrogens is 290 g/mol. The first kappa shape index (κ1) is 15.5. The second-order valence-corrected chi connectivity index (χ2v) is 4.63. The third-order valence-electron chi connectivity index (χ3n) is 3.20. The number of rotatable bonds is 4. The average Bonchev–Trinajstić information content (AvgIpc) is 2.60. The summed E-state index contributed by atoms with van der Waals surface area (Å²) in [6.45, 7) is 3.60. The normalized spacial score (nSPS) is 18.4. The number of carbonyl (C=O) groups is 2. The summed E-state index contributed by atoms with van der Waals surface area (Å²) in [4.78, 5) is 34.4. The van der Waals surface area contributed by atoms with E-state index in [-0.39, 0.29) is 22.9 Å². The molecule has 2 amide bonds. The van der Waals surface area contributed by atoms with Gasteiger partial charge < -0.3 is 10.1 Å². The number of nitrogens with one attached hydrogen (secondary N) is 2. The summed E-state index contributed by atoms with van der Waals surface area (Å²) in [6.07, 6.45) is 0. The third-order valence-corrected chi connectivity index (χ3v) is 3.20. The van der Waals surface area contributed by atoms with Crippen molar-refractivity contribution in [2.75, 3.05) is 6.61 Å². The summed E-state index contributed by atoms with van der Waals surface area (Å²) < 4.78 is 5.25. The number of Topliss-reactive ketones (excluding diaryl/α,β-unsaturated/α-hetero) is 1. The van der Waals surface area contributed by atoms with Crippen LogP contribution < -0.4 is 10.6 Å². The van der Waals surface area contributed by atoms with Crippen LogP contribution >= 0.6 is 0 Å². The number of amides is 2. The van der Waals surface area contributed by atoms with Gasteiger partial charge in [0.05, 0.1) is 17.1 Å². The van der Waals surface area contributed by atoms with E-state index >= 15 is 0 Å². The lowest BCUT2D eigenvalue weighted by molar-refractivity contribution is -0.384. The van der Waals surface area contributed by atoms with E-state index in [2.05, 4.69) is 10.6 Å². The molecule has 1 aliphatic rings. The number of ether oxygens (including phenoxy) is 1. The molecule has 1 aromatic carbocycles. The van der Waals surface area contributed by atoms with Crippen molar-refractivity contribution < 1.29 is 19.2 Å². The summed E-state index contributed by atoms with van der Waals surface area (Å²) in [7, 11) is 0. The van der Waals surface area contributed by atoms with E-state index in [0.29, 0.717) is 12.2 Å². The SMILES string of the molecule is CCOC1=C(C)C(=O)[C@H](c2ccc([N+](=O)[O-])cc2)NC(=O)N1. The smallest absolute Gasteiger partial charge is 0.322 e. The van der Waals surface area contributed by atoms with E-state index in [9.17, 15) is 19.7 Å². The van der Waals surface area contributed by atoms with Crippen LogP contribution in [0, 0.1) is 10.1 Å². The van der Waals surface area contributed by atoms with Crippen LogP contribution in [0.25, 0.3) is 0 Å². The van der Waals surface area contributed by atoms with Crippen LogP contribution in [-0.4, -0.2) is 23.3 Å². The number of nitro groups is 1. The fraction of sp³-hybridized carbons (Fsp3) is 0.286. The first-order chi connectivity index (χ1) is 10.4. The lowest BCUT2D eigenvalue weighted by Crippen LogP contribution is -2.37. The molecule has 0 saturated carbocycles. The van der Waals surface area contributed by atoms with Crippen LogP contribution in [0.4, 0.5) is 10.5 Å². The lowest BCUT2D eigenvalue weighted by Gasteiger charge is -2.14. The maximum absolute atomic E-state index is 12.5. The predicted molar refractivity (Wildman–Crippen MR) is 76.8 cm³/mol. The fourth-order valence-electron chi connectivity index (χ4n) is 2.07. The van der Waals surface area contributed by atoms with Gasteiger partial charge in [-0.05, 0) is 31.5 Å². The monoisotopic (exact) mass is 305 g/mol. The highest BCUT2D eigenvalue weighted by Gasteiger charge is 2.30.